The normalized spacial score (nSPS) is 21.4. The Morgan fingerprint density at radius 2 is 2.14 bits per heavy atom. The predicted molar refractivity (Wildman–Crippen MR) is 80.9 cm³/mol. The van der Waals surface area contributed by atoms with E-state index in [1.54, 1.807) is 6.26 Å². The number of anilines is 1. The number of rotatable bonds is 3. The van der Waals surface area contributed by atoms with Crippen molar-refractivity contribution >= 4 is 11.6 Å². The van der Waals surface area contributed by atoms with Gasteiger partial charge >= 0.3 is 0 Å². The van der Waals surface area contributed by atoms with E-state index in [2.05, 4.69) is 22.5 Å². The number of hydrogen-bond donors (Lipinski definition) is 2. The Kier molecular flexibility index (Phi) is 3.75. The molecule has 21 heavy (non-hydrogen) atoms. The third-order valence-corrected chi connectivity index (χ3v) is 3.88. The molecular weight excluding hydrogens is 266 g/mol. The van der Waals surface area contributed by atoms with Crippen LogP contribution in [0.2, 0.25) is 0 Å². The van der Waals surface area contributed by atoms with Crippen molar-refractivity contribution in [2.75, 3.05) is 11.9 Å². The summed E-state index contributed by atoms with van der Waals surface area (Å²) in [6.45, 7) is 4.82. The second-order valence-electron chi connectivity index (χ2n) is 5.52. The van der Waals surface area contributed by atoms with Crippen LogP contribution in [0.3, 0.4) is 0 Å². The van der Waals surface area contributed by atoms with Crippen LogP contribution in [0.15, 0.2) is 34.9 Å². The first-order valence-corrected chi connectivity index (χ1v) is 7.20. The van der Waals surface area contributed by atoms with Gasteiger partial charge in [-0.05, 0) is 31.0 Å². The largest absolute Gasteiger partial charge is 0.449 e. The molecule has 1 aromatic heterocycles. The zero-order chi connectivity index (χ0) is 14.8. The fourth-order valence-electron chi connectivity index (χ4n) is 2.63. The Morgan fingerprint density at radius 1 is 1.38 bits per heavy atom. The number of nitrogens with zero attached hydrogens (tertiary/aromatic N) is 1. The standard InChI is InChI=1S/C16H19N3O2/c1-10-7-8-17-15(10)16(20)19-13-5-3-12(4-6-13)14-9-21-11(2)18-14/h3-6,9-10,15,17H,7-8H2,1-2H3,(H,19,20). The second-order valence-corrected chi connectivity index (χ2v) is 5.52. The molecule has 1 fully saturated rings. The lowest BCUT2D eigenvalue weighted by Crippen LogP contribution is -2.39. The molecule has 0 bridgehead atoms. The van der Waals surface area contributed by atoms with Gasteiger partial charge in [0.25, 0.3) is 0 Å². The summed E-state index contributed by atoms with van der Waals surface area (Å²) in [5, 5.41) is 6.18. The van der Waals surface area contributed by atoms with Gasteiger partial charge in [0.15, 0.2) is 5.89 Å². The Labute approximate surface area is 123 Å². The van der Waals surface area contributed by atoms with Crippen LogP contribution in [-0.4, -0.2) is 23.5 Å². The summed E-state index contributed by atoms with van der Waals surface area (Å²) in [6.07, 6.45) is 2.68. The summed E-state index contributed by atoms with van der Waals surface area (Å²) in [6, 6.07) is 7.53. The fourth-order valence-corrected chi connectivity index (χ4v) is 2.63. The Hall–Kier alpha value is -2.14. The number of aromatic nitrogens is 1. The molecule has 2 aromatic rings. The molecule has 1 aliphatic rings. The zero-order valence-electron chi connectivity index (χ0n) is 12.2. The van der Waals surface area contributed by atoms with E-state index in [0.29, 0.717) is 11.8 Å². The van der Waals surface area contributed by atoms with E-state index < -0.39 is 0 Å². The van der Waals surface area contributed by atoms with Crippen LogP contribution in [0.25, 0.3) is 11.3 Å². The van der Waals surface area contributed by atoms with Gasteiger partial charge in [-0.15, -0.1) is 0 Å². The lowest BCUT2D eigenvalue weighted by atomic mass is 10.0. The number of amides is 1. The van der Waals surface area contributed by atoms with Gasteiger partial charge in [0.1, 0.15) is 12.0 Å². The molecule has 0 spiro atoms. The highest BCUT2D eigenvalue weighted by Crippen LogP contribution is 2.21. The van der Waals surface area contributed by atoms with E-state index in [0.717, 1.165) is 29.9 Å². The smallest absolute Gasteiger partial charge is 0.241 e. The van der Waals surface area contributed by atoms with Gasteiger partial charge in [-0.2, -0.15) is 0 Å². The van der Waals surface area contributed by atoms with Gasteiger partial charge in [-0.3, -0.25) is 4.79 Å². The molecule has 0 aliphatic carbocycles. The van der Waals surface area contributed by atoms with Crippen LogP contribution in [0.1, 0.15) is 19.2 Å². The van der Waals surface area contributed by atoms with Gasteiger partial charge in [0, 0.05) is 18.2 Å². The molecule has 2 atom stereocenters. The highest BCUT2D eigenvalue weighted by Gasteiger charge is 2.29. The maximum absolute atomic E-state index is 12.2. The Balaban J connectivity index is 1.68. The van der Waals surface area contributed by atoms with Crippen molar-refractivity contribution in [2.24, 2.45) is 5.92 Å². The van der Waals surface area contributed by atoms with Crippen LogP contribution in [0, 0.1) is 12.8 Å². The molecule has 2 unspecified atom stereocenters. The molecule has 5 heteroatoms. The quantitative estimate of drug-likeness (QED) is 0.909. The minimum atomic E-state index is -0.0946. The third kappa shape index (κ3) is 2.97. The van der Waals surface area contributed by atoms with Crippen LogP contribution in [0.5, 0.6) is 0 Å². The minimum Gasteiger partial charge on any atom is -0.449 e. The molecule has 1 amide bonds. The summed E-state index contributed by atoms with van der Waals surface area (Å²) in [7, 11) is 0. The summed E-state index contributed by atoms with van der Waals surface area (Å²) >= 11 is 0. The van der Waals surface area contributed by atoms with E-state index in [9.17, 15) is 4.79 Å². The van der Waals surface area contributed by atoms with Crippen molar-refractivity contribution in [2.45, 2.75) is 26.3 Å². The molecular formula is C16H19N3O2. The monoisotopic (exact) mass is 285 g/mol. The van der Waals surface area contributed by atoms with E-state index >= 15 is 0 Å². The molecule has 3 rings (SSSR count). The number of carbonyl (C=O) groups is 1. The van der Waals surface area contributed by atoms with Gasteiger partial charge in [0.05, 0.1) is 6.04 Å². The summed E-state index contributed by atoms with van der Waals surface area (Å²) in [4.78, 5) is 16.5. The minimum absolute atomic E-state index is 0.0324. The first-order chi connectivity index (χ1) is 10.1. The predicted octanol–water partition coefficient (Wildman–Crippen LogP) is 2.59. The van der Waals surface area contributed by atoms with Crippen LogP contribution in [0.4, 0.5) is 5.69 Å². The molecule has 2 N–H and O–H groups in total. The second kappa shape index (κ2) is 5.69. The molecule has 0 radical (unpaired) electrons. The number of nitrogens with one attached hydrogen (secondary N) is 2. The molecule has 110 valence electrons. The van der Waals surface area contributed by atoms with Crippen molar-refractivity contribution in [3.05, 3.63) is 36.4 Å². The summed E-state index contributed by atoms with van der Waals surface area (Å²) in [5.74, 6) is 1.05. The highest BCUT2D eigenvalue weighted by atomic mass is 16.3. The molecule has 5 nitrogen and oxygen atoms in total. The van der Waals surface area contributed by atoms with Gasteiger partial charge < -0.3 is 15.1 Å². The third-order valence-electron chi connectivity index (χ3n) is 3.88. The number of carbonyl (C=O) groups excluding carboxylic acids is 1. The van der Waals surface area contributed by atoms with E-state index in [4.69, 9.17) is 4.42 Å². The lowest BCUT2D eigenvalue weighted by molar-refractivity contribution is -0.118. The number of hydrogen-bond acceptors (Lipinski definition) is 4. The Morgan fingerprint density at radius 3 is 2.71 bits per heavy atom. The lowest BCUT2D eigenvalue weighted by Gasteiger charge is -2.15. The average Bonchev–Trinajstić information content (AvgIpc) is 3.08. The summed E-state index contributed by atoms with van der Waals surface area (Å²) in [5.41, 5.74) is 2.57. The van der Waals surface area contributed by atoms with Crippen molar-refractivity contribution < 1.29 is 9.21 Å². The molecule has 2 heterocycles. The molecule has 1 aliphatic heterocycles. The Bertz CT molecular complexity index is 633. The van der Waals surface area contributed by atoms with E-state index in [1.807, 2.05) is 31.2 Å². The van der Waals surface area contributed by atoms with Crippen LogP contribution in [-0.2, 0) is 4.79 Å². The average molecular weight is 285 g/mol. The zero-order valence-corrected chi connectivity index (χ0v) is 12.2. The van der Waals surface area contributed by atoms with Crippen molar-refractivity contribution in [3.63, 3.8) is 0 Å². The molecule has 1 saturated heterocycles. The van der Waals surface area contributed by atoms with Crippen LogP contribution >= 0.6 is 0 Å². The van der Waals surface area contributed by atoms with Crippen LogP contribution < -0.4 is 10.6 Å². The number of benzene rings is 1. The first kappa shape index (κ1) is 13.8. The van der Waals surface area contributed by atoms with E-state index in [1.165, 1.54) is 0 Å². The fraction of sp³-hybridized carbons (Fsp3) is 0.375. The first-order valence-electron chi connectivity index (χ1n) is 7.20. The van der Waals surface area contributed by atoms with E-state index in [-0.39, 0.29) is 11.9 Å². The van der Waals surface area contributed by atoms with Gasteiger partial charge in [-0.25, -0.2) is 4.98 Å². The SMILES string of the molecule is Cc1nc(-c2ccc(NC(=O)C3NCCC3C)cc2)co1. The molecule has 1 aromatic carbocycles. The van der Waals surface area contributed by atoms with Gasteiger partial charge in [-0.1, -0.05) is 19.1 Å². The molecule has 0 saturated carbocycles. The maximum atomic E-state index is 12.2. The summed E-state index contributed by atoms with van der Waals surface area (Å²) < 4.78 is 5.20. The van der Waals surface area contributed by atoms with Crippen molar-refractivity contribution in [3.8, 4) is 11.3 Å². The topological polar surface area (TPSA) is 67.2 Å². The van der Waals surface area contributed by atoms with Gasteiger partial charge in [0.2, 0.25) is 5.91 Å². The number of oxazole rings is 1. The van der Waals surface area contributed by atoms with Crippen molar-refractivity contribution in [1.82, 2.24) is 10.3 Å². The maximum Gasteiger partial charge on any atom is 0.241 e. The van der Waals surface area contributed by atoms with Crippen molar-refractivity contribution in [1.29, 1.82) is 0 Å². The highest BCUT2D eigenvalue weighted by molar-refractivity contribution is 5.95. The number of aryl methyl sites for hydroxylation is 1.